The Morgan fingerprint density at radius 3 is 2.17 bits per heavy atom. The number of anilines is 1. The van der Waals surface area contributed by atoms with E-state index in [1.54, 1.807) is 0 Å². The van der Waals surface area contributed by atoms with Crippen molar-refractivity contribution in [2.24, 2.45) is 0 Å². The predicted octanol–water partition coefficient (Wildman–Crippen LogP) is 3.94. The molecule has 0 aliphatic rings. The van der Waals surface area contributed by atoms with E-state index in [9.17, 15) is 37.3 Å². The fourth-order valence-electron chi connectivity index (χ4n) is 2.90. The van der Waals surface area contributed by atoms with Crippen LogP contribution in [0.5, 0.6) is 23.0 Å². The van der Waals surface area contributed by atoms with Gasteiger partial charge in [0.15, 0.2) is 23.9 Å². The van der Waals surface area contributed by atoms with Crippen LogP contribution in [0.1, 0.15) is 20.7 Å². The number of methoxy groups -OCH3 is 4. The smallest absolute Gasteiger partial charge is 0.340 e. The Balaban J connectivity index is 2.50. The van der Waals surface area contributed by atoms with E-state index in [-0.39, 0.29) is 34.1 Å². The number of rotatable bonds is 11. The van der Waals surface area contributed by atoms with Crippen LogP contribution in [0.25, 0.3) is 0 Å². The highest BCUT2D eigenvalue weighted by atomic mass is 19.3. The van der Waals surface area contributed by atoms with Gasteiger partial charge in [-0.2, -0.15) is 8.78 Å². The summed E-state index contributed by atoms with van der Waals surface area (Å²) in [5.74, 6) is -7.32. The average Bonchev–Trinajstić information content (AvgIpc) is 2.85. The molecule has 0 unspecified atom stereocenters. The van der Waals surface area contributed by atoms with Crippen LogP contribution < -0.4 is 24.3 Å². The van der Waals surface area contributed by atoms with Crippen LogP contribution in [-0.2, 0) is 4.74 Å². The minimum atomic E-state index is -4.56. The number of ether oxygens (including phenoxy) is 5. The molecule has 1 amide bonds. The third kappa shape index (κ3) is 5.84. The van der Waals surface area contributed by atoms with E-state index in [0.717, 1.165) is 19.2 Å². The van der Waals surface area contributed by atoms with E-state index >= 15 is 0 Å². The van der Waals surface area contributed by atoms with Gasteiger partial charge >= 0.3 is 24.0 Å². The van der Waals surface area contributed by atoms with Crippen LogP contribution in [0.4, 0.5) is 28.9 Å². The fraction of sp³-hybridized carbons (Fsp3) is 0.333. The van der Waals surface area contributed by atoms with Gasteiger partial charge in [-0.15, -0.1) is 0 Å². The Labute approximate surface area is 201 Å². The normalized spacial score (nSPS) is 11.0. The number of hydrogen-bond acceptors (Lipinski definition) is 9. The van der Waals surface area contributed by atoms with E-state index < -0.39 is 47.2 Å². The van der Waals surface area contributed by atoms with Crippen LogP contribution in [0.2, 0.25) is 0 Å². The molecule has 0 saturated carbocycles. The average molecular weight is 520 g/mol. The molecule has 36 heavy (non-hydrogen) atoms. The standard InChI is InChI=1S/C21H20F4N2O9/c1-32-14-8-11(19(29)35-4)15(17(34-3)16(14)33-2)26-18(28)10-5-6-13(12(7-10)27(30)31)36-9-21(24,25)20(22)23/h5-8,20H,9H2,1-4H3,(H,26,28). The number of hydrogen-bond donors (Lipinski definition) is 1. The van der Waals surface area contributed by atoms with Gasteiger partial charge < -0.3 is 29.0 Å². The van der Waals surface area contributed by atoms with Crippen LogP contribution in [0.15, 0.2) is 24.3 Å². The molecular weight excluding hydrogens is 500 g/mol. The number of carbonyl (C=O) groups is 2. The fourth-order valence-corrected chi connectivity index (χ4v) is 2.90. The third-order valence-electron chi connectivity index (χ3n) is 4.63. The Morgan fingerprint density at radius 1 is 1.03 bits per heavy atom. The number of benzene rings is 2. The molecule has 0 aromatic heterocycles. The first-order chi connectivity index (χ1) is 16.9. The summed E-state index contributed by atoms with van der Waals surface area (Å²) in [7, 11) is 4.84. The van der Waals surface area contributed by atoms with Crippen molar-refractivity contribution in [3.63, 3.8) is 0 Å². The Kier molecular flexibility index (Phi) is 8.86. The summed E-state index contributed by atoms with van der Waals surface area (Å²) in [4.78, 5) is 35.6. The molecular formula is C21H20F4N2O9. The zero-order valence-corrected chi connectivity index (χ0v) is 19.2. The Bertz CT molecular complexity index is 1160. The molecule has 1 N–H and O–H groups in total. The predicted molar refractivity (Wildman–Crippen MR) is 115 cm³/mol. The van der Waals surface area contributed by atoms with Crippen molar-refractivity contribution >= 4 is 23.3 Å². The quantitative estimate of drug-likeness (QED) is 0.202. The molecule has 2 aromatic carbocycles. The monoisotopic (exact) mass is 520 g/mol. The number of halogens is 4. The summed E-state index contributed by atoms with van der Waals surface area (Å²) in [6, 6.07) is 3.63. The van der Waals surface area contributed by atoms with Crippen molar-refractivity contribution in [2.45, 2.75) is 12.3 Å². The lowest BCUT2D eigenvalue weighted by Gasteiger charge is -2.19. The number of amides is 1. The lowest BCUT2D eigenvalue weighted by Crippen LogP contribution is -2.33. The lowest BCUT2D eigenvalue weighted by molar-refractivity contribution is -0.386. The first-order valence-corrected chi connectivity index (χ1v) is 9.71. The van der Waals surface area contributed by atoms with Gasteiger partial charge in [-0.3, -0.25) is 14.9 Å². The second-order valence-corrected chi connectivity index (χ2v) is 6.80. The maximum Gasteiger partial charge on any atom is 0.340 e. The summed E-state index contributed by atoms with van der Waals surface area (Å²) in [5, 5.41) is 13.8. The van der Waals surface area contributed by atoms with Crippen LogP contribution in [0, 0.1) is 10.1 Å². The van der Waals surface area contributed by atoms with Crippen molar-refractivity contribution in [3.8, 4) is 23.0 Å². The van der Waals surface area contributed by atoms with Gasteiger partial charge in [0.1, 0.15) is 5.69 Å². The molecule has 0 heterocycles. The molecule has 0 aliphatic heterocycles. The molecule has 15 heteroatoms. The zero-order chi connectivity index (χ0) is 27.2. The number of nitro benzene ring substituents is 1. The van der Waals surface area contributed by atoms with Crippen LogP contribution >= 0.6 is 0 Å². The number of esters is 1. The van der Waals surface area contributed by atoms with E-state index in [2.05, 4.69) is 10.1 Å². The minimum absolute atomic E-state index is 0.00219. The van der Waals surface area contributed by atoms with Crippen LogP contribution in [-0.4, -0.2) is 64.2 Å². The van der Waals surface area contributed by atoms with Crippen molar-refractivity contribution in [3.05, 3.63) is 45.5 Å². The first-order valence-electron chi connectivity index (χ1n) is 9.71. The second-order valence-electron chi connectivity index (χ2n) is 6.80. The summed E-state index contributed by atoms with van der Waals surface area (Å²) in [5.41, 5.74) is -1.77. The molecule has 0 saturated heterocycles. The molecule has 0 fully saturated rings. The number of nitrogens with zero attached hydrogens (tertiary/aromatic N) is 1. The van der Waals surface area contributed by atoms with E-state index in [0.29, 0.717) is 6.07 Å². The number of alkyl halides is 4. The highest BCUT2D eigenvalue weighted by Gasteiger charge is 2.42. The third-order valence-corrected chi connectivity index (χ3v) is 4.63. The van der Waals surface area contributed by atoms with Gasteiger partial charge in [0.05, 0.1) is 38.9 Å². The van der Waals surface area contributed by atoms with Gasteiger partial charge in [0.2, 0.25) is 5.75 Å². The molecule has 0 radical (unpaired) electrons. The van der Waals surface area contributed by atoms with Crippen molar-refractivity contribution in [1.82, 2.24) is 0 Å². The maximum atomic E-state index is 13.2. The zero-order valence-electron chi connectivity index (χ0n) is 19.2. The largest absolute Gasteiger partial charge is 0.493 e. The van der Waals surface area contributed by atoms with Crippen LogP contribution in [0.3, 0.4) is 0 Å². The molecule has 196 valence electrons. The molecule has 11 nitrogen and oxygen atoms in total. The summed E-state index contributed by atoms with van der Waals surface area (Å²) in [6.45, 7) is -1.83. The maximum absolute atomic E-state index is 13.2. The van der Waals surface area contributed by atoms with Crippen molar-refractivity contribution in [2.75, 3.05) is 40.4 Å². The molecule has 0 aliphatic carbocycles. The van der Waals surface area contributed by atoms with Gasteiger partial charge in [-0.25, -0.2) is 13.6 Å². The molecule has 0 bridgehead atoms. The first kappa shape index (κ1) is 27.9. The topological polar surface area (TPSA) is 135 Å². The highest BCUT2D eigenvalue weighted by molar-refractivity contribution is 6.10. The molecule has 0 spiro atoms. The molecule has 2 rings (SSSR count). The van der Waals surface area contributed by atoms with Gasteiger partial charge in [-0.05, 0) is 12.1 Å². The van der Waals surface area contributed by atoms with E-state index in [1.807, 2.05) is 0 Å². The lowest BCUT2D eigenvalue weighted by atomic mass is 10.1. The summed E-state index contributed by atoms with van der Waals surface area (Å²) < 4.78 is 75.9. The molecule has 0 atom stereocenters. The number of carbonyl (C=O) groups excluding carboxylic acids is 2. The second kappa shape index (κ2) is 11.4. The number of nitrogens with one attached hydrogen (secondary N) is 1. The minimum Gasteiger partial charge on any atom is -0.493 e. The van der Waals surface area contributed by atoms with Crippen molar-refractivity contribution < 1.29 is 55.8 Å². The van der Waals surface area contributed by atoms with Gasteiger partial charge in [0, 0.05) is 17.7 Å². The highest BCUT2D eigenvalue weighted by Crippen LogP contribution is 2.45. The summed E-state index contributed by atoms with van der Waals surface area (Å²) in [6.07, 6.45) is -4.05. The van der Waals surface area contributed by atoms with Gasteiger partial charge in [-0.1, -0.05) is 0 Å². The summed E-state index contributed by atoms with van der Waals surface area (Å²) >= 11 is 0. The Hall–Kier alpha value is -4.30. The van der Waals surface area contributed by atoms with E-state index in [1.165, 1.54) is 27.4 Å². The van der Waals surface area contributed by atoms with Crippen molar-refractivity contribution in [1.29, 1.82) is 0 Å². The van der Waals surface area contributed by atoms with Gasteiger partial charge in [0.25, 0.3) is 5.91 Å². The Morgan fingerprint density at radius 2 is 1.67 bits per heavy atom. The van der Waals surface area contributed by atoms with E-state index in [4.69, 9.17) is 18.9 Å². The number of nitro groups is 1. The SMILES string of the molecule is COC(=O)c1cc(OC)c(OC)c(OC)c1NC(=O)c1ccc(OCC(F)(F)C(F)F)c([N+](=O)[O-])c1. The molecule has 2 aromatic rings.